The Morgan fingerprint density at radius 2 is 2.05 bits per heavy atom. The van der Waals surface area contributed by atoms with Gasteiger partial charge in [0.05, 0.1) is 11.6 Å². The molecular weight excluding hydrogens is 262 g/mol. The highest BCUT2D eigenvalue weighted by Crippen LogP contribution is 2.17. The Bertz CT molecular complexity index is 480. The van der Waals surface area contributed by atoms with Crippen molar-refractivity contribution in [2.24, 2.45) is 11.7 Å². The number of likely N-dealkylation sites (tertiary alicyclic amines) is 1. The summed E-state index contributed by atoms with van der Waals surface area (Å²) in [5, 5.41) is 8.72. The van der Waals surface area contributed by atoms with E-state index in [4.69, 9.17) is 11.0 Å². The molecule has 19 heavy (non-hydrogen) atoms. The van der Waals surface area contributed by atoms with Crippen LogP contribution in [-0.4, -0.2) is 29.9 Å². The predicted octanol–water partition coefficient (Wildman–Crippen LogP) is 1.79. The number of nitriles is 1. The van der Waals surface area contributed by atoms with Crippen molar-refractivity contribution < 1.29 is 4.79 Å². The van der Waals surface area contributed by atoms with Crippen molar-refractivity contribution in [1.82, 2.24) is 4.90 Å². The number of hydrogen-bond donors (Lipinski definition) is 1. The van der Waals surface area contributed by atoms with Crippen molar-refractivity contribution in [1.29, 1.82) is 5.26 Å². The van der Waals surface area contributed by atoms with Gasteiger partial charge >= 0.3 is 0 Å². The Labute approximate surface area is 119 Å². The topological polar surface area (TPSA) is 70.1 Å². The lowest BCUT2D eigenvalue weighted by Gasteiger charge is -2.35. The lowest BCUT2D eigenvalue weighted by Crippen LogP contribution is -2.48. The van der Waals surface area contributed by atoms with Gasteiger partial charge in [-0.25, -0.2) is 0 Å². The zero-order chi connectivity index (χ0) is 13.1. The van der Waals surface area contributed by atoms with Crippen molar-refractivity contribution in [3.05, 3.63) is 35.4 Å². The predicted molar refractivity (Wildman–Crippen MR) is 76.1 cm³/mol. The van der Waals surface area contributed by atoms with Gasteiger partial charge in [-0.3, -0.25) is 4.79 Å². The van der Waals surface area contributed by atoms with Crippen LogP contribution < -0.4 is 5.73 Å². The molecule has 0 aromatic heterocycles. The summed E-state index contributed by atoms with van der Waals surface area (Å²) < 4.78 is 0. The van der Waals surface area contributed by atoms with E-state index >= 15 is 0 Å². The van der Waals surface area contributed by atoms with Gasteiger partial charge in [-0.15, -0.1) is 12.4 Å². The Balaban J connectivity index is 0.00000180. The van der Waals surface area contributed by atoms with E-state index in [-0.39, 0.29) is 24.4 Å². The zero-order valence-corrected chi connectivity index (χ0v) is 11.7. The summed E-state index contributed by atoms with van der Waals surface area (Å²) in [7, 11) is 0. The number of amides is 1. The molecule has 1 aliphatic rings. The van der Waals surface area contributed by atoms with Crippen LogP contribution in [0, 0.1) is 17.2 Å². The van der Waals surface area contributed by atoms with Crippen molar-refractivity contribution in [2.45, 2.75) is 19.4 Å². The van der Waals surface area contributed by atoms with Crippen LogP contribution in [0.4, 0.5) is 0 Å². The number of nitrogens with zero attached hydrogens (tertiary/aromatic N) is 2. The molecule has 4 nitrogen and oxygen atoms in total. The number of nitrogens with two attached hydrogens (primary N) is 1. The summed E-state index contributed by atoms with van der Waals surface area (Å²) in [6.07, 6.45) is 0.850. The second-order valence-corrected chi connectivity index (χ2v) is 4.87. The number of rotatable bonds is 1. The van der Waals surface area contributed by atoms with E-state index in [1.807, 2.05) is 11.0 Å². The molecule has 2 rings (SSSR count). The van der Waals surface area contributed by atoms with Crippen LogP contribution in [0.2, 0.25) is 0 Å². The molecule has 1 aromatic carbocycles. The van der Waals surface area contributed by atoms with Gasteiger partial charge in [0.25, 0.3) is 5.91 Å². The molecule has 1 aromatic rings. The molecule has 1 amide bonds. The zero-order valence-electron chi connectivity index (χ0n) is 10.9. The van der Waals surface area contributed by atoms with Gasteiger partial charge < -0.3 is 10.6 Å². The summed E-state index contributed by atoms with van der Waals surface area (Å²) in [6.45, 7) is 3.49. The van der Waals surface area contributed by atoms with Gasteiger partial charge in [-0.1, -0.05) is 6.92 Å². The van der Waals surface area contributed by atoms with Crippen molar-refractivity contribution in [3.63, 3.8) is 0 Å². The van der Waals surface area contributed by atoms with Crippen LogP contribution in [0.1, 0.15) is 29.3 Å². The first-order chi connectivity index (χ1) is 8.61. The molecule has 1 saturated heterocycles. The summed E-state index contributed by atoms with van der Waals surface area (Å²) >= 11 is 0. The van der Waals surface area contributed by atoms with Gasteiger partial charge in [-0.2, -0.15) is 5.26 Å². The maximum Gasteiger partial charge on any atom is 0.253 e. The highest BCUT2D eigenvalue weighted by Gasteiger charge is 2.26. The van der Waals surface area contributed by atoms with Crippen LogP contribution in [0.25, 0.3) is 0 Å². The molecule has 2 unspecified atom stereocenters. The number of piperidine rings is 1. The summed E-state index contributed by atoms with van der Waals surface area (Å²) in [4.78, 5) is 14.1. The molecule has 0 aliphatic carbocycles. The number of halogens is 1. The van der Waals surface area contributed by atoms with Gasteiger partial charge in [0.15, 0.2) is 0 Å². The maximum absolute atomic E-state index is 12.3. The third-order valence-corrected chi connectivity index (χ3v) is 3.52. The lowest BCUT2D eigenvalue weighted by molar-refractivity contribution is 0.0664. The van der Waals surface area contributed by atoms with Gasteiger partial charge in [0.1, 0.15) is 0 Å². The first-order valence-corrected chi connectivity index (χ1v) is 6.17. The van der Waals surface area contributed by atoms with Gasteiger partial charge in [0.2, 0.25) is 0 Å². The summed E-state index contributed by atoms with van der Waals surface area (Å²) in [6, 6.07) is 9.00. The van der Waals surface area contributed by atoms with E-state index in [0.29, 0.717) is 30.1 Å². The SMILES string of the molecule is CC1CN(C(=O)c2ccc(C#N)cc2)CCC1N.Cl. The molecule has 0 radical (unpaired) electrons. The normalized spacial score (nSPS) is 22.3. The minimum atomic E-state index is 0. The standard InChI is InChI=1S/C14H17N3O.ClH/c1-10-9-17(7-6-13(10)16)14(18)12-4-2-11(8-15)3-5-12;/h2-5,10,13H,6-7,9,16H2,1H3;1H. The highest BCUT2D eigenvalue weighted by molar-refractivity contribution is 5.94. The Kier molecular flexibility index (Phi) is 5.34. The largest absolute Gasteiger partial charge is 0.338 e. The van der Waals surface area contributed by atoms with Crippen molar-refractivity contribution in [3.8, 4) is 6.07 Å². The monoisotopic (exact) mass is 279 g/mol. The second-order valence-electron chi connectivity index (χ2n) is 4.87. The van der Waals surface area contributed by atoms with Crippen LogP contribution in [0.3, 0.4) is 0 Å². The third kappa shape index (κ3) is 3.46. The Morgan fingerprint density at radius 1 is 1.42 bits per heavy atom. The minimum absolute atomic E-state index is 0. The fourth-order valence-corrected chi connectivity index (χ4v) is 2.22. The average molecular weight is 280 g/mol. The van der Waals surface area contributed by atoms with Crippen molar-refractivity contribution in [2.75, 3.05) is 13.1 Å². The van der Waals surface area contributed by atoms with E-state index in [9.17, 15) is 4.79 Å². The maximum atomic E-state index is 12.3. The molecule has 0 saturated carbocycles. The lowest BCUT2D eigenvalue weighted by atomic mass is 9.94. The Hall–Kier alpha value is -1.57. The molecule has 5 heteroatoms. The number of carbonyl (C=O) groups is 1. The van der Waals surface area contributed by atoms with Crippen LogP contribution in [0.5, 0.6) is 0 Å². The number of hydrogen-bond acceptors (Lipinski definition) is 3. The van der Waals surface area contributed by atoms with Crippen LogP contribution in [-0.2, 0) is 0 Å². The fraction of sp³-hybridized carbons (Fsp3) is 0.429. The van der Waals surface area contributed by atoms with Crippen molar-refractivity contribution >= 4 is 18.3 Å². The van der Waals surface area contributed by atoms with Gasteiger partial charge in [-0.05, 0) is 36.6 Å². The van der Waals surface area contributed by atoms with Gasteiger partial charge in [0, 0.05) is 24.7 Å². The van der Waals surface area contributed by atoms with Crippen LogP contribution in [0.15, 0.2) is 24.3 Å². The highest BCUT2D eigenvalue weighted by atomic mass is 35.5. The van der Waals surface area contributed by atoms with E-state index < -0.39 is 0 Å². The molecule has 0 bridgehead atoms. The first-order valence-electron chi connectivity index (χ1n) is 6.17. The molecule has 1 aliphatic heterocycles. The molecular formula is C14H18ClN3O. The molecule has 2 N–H and O–H groups in total. The van der Waals surface area contributed by atoms with E-state index in [2.05, 4.69) is 6.92 Å². The van der Waals surface area contributed by atoms with E-state index in [1.165, 1.54) is 0 Å². The minimum Gasteiger partial charge on any atom is -0.338 e. The molecule has 2 atom stereocenters. The molecule has 1 heterocycles. The fourth-order valence-electron chi connectivity index (χ4n) is 2.22. The molecule has 102 valence electrons. The number of benzene rings is 1. The summed E-state index contributed by atoms with van der Waals surface area (Å²) in [5.41, 5.74) is 7.15. The first kappa shape index (κ1) is 15.5. The van der Waals surface area contributed by atoms with E-state index in [0.717, 1.165) is 6.42 Å². The average Bonchev–Trinajstić information content (AvgIpc) is 2.41. The quantitative estimate of drug-likeness (QED) is 0.852. The molecule has 1 fully saturated rings. The Morgan fingerprint density at radius 3 is 2.58 bits per heavy atom. The second kappa shape index (κ2) is 6.55. The molecule has 0 spiro atoms. The summed E-state index contributed by atoms with van der Waals surface area (Å²) in [5.74, 6) is 0.360. The smallest absolute Gasteiger partial charge is 0.253 e. The van der Waals surface area contributed by atoms with E-state index in [1.54, 1.807) is 24.3 Å². The van der Waals surface area contributed by atoms with Crippen LogP contribution >= 0.6 is 12.4 Å². The third-order valence-electron chi connectivity index (χ3n) is 3.52. The number of carbonyl (C=O) groups excluding carboxylic acids is 1.